The summed E-state index contributed by atoms with van der Waals surface area (Å²) in [6, 6.07) is 0.907. The van der Waals surface area contributed by atoms with Crippen LogP contribution in [0.5, 0.6) is 0 Å². The van der Waals surface area contributed by atoms with Crippen molar-refractivity contribution in [3.63, 3.8) is 0 Å². The van der Waals surface area contributed by atoms with Crippen molar-refractivity contribution in [3.05, 3.63) is 16.8 Å². The average Bonchev–Trinajstić information content (AvgIpc) is 2.89. The molecule has 4 nitrogen and oxygen atoms in total. The van der Waals surface area contributed by atoms with E-state index in [-0.39, 0.29) is 0 Å². The number of nitrogens with two attached hydrogens (primary N) is 1. The Morgan fingerprint density at radius 1 is 1.10 bits per heavy atom. The van der Waals surface area contributed by atoms with Crippen molar-refractivity contribution in [3.8, 4) is 0 Å². The lowest BCUT2D eigenvalue weighted by atomic mass is 9.91. The van der Waals surface area contributed by atoms with Crippen molar-refractivity contribution in [2.45, 2.75) is 63.5 Å². The molecule has 0 unspecified atom stereocenters. The van der Waals surface area contributed by atoms with Gasteiger partial charge in [-0.3, -0.25) is 0 Å². The monoisotopic (exact) mass is 302 g/mol. The van der Waals surface area contributed by atoms with Gasteiger partial charge in [0, 0.05) is 17.0 Å². The van der Waals surface area contributed by atoms with Gasteiger partial charge in [-0.15, -0.1) is 11.3 Å². The predicted molar refractivity (Wildman–Crippen MR) is 87.9 cm³/mol. The zero-order valence-electron chi connectivity index (χ0n) is 12.3. The fourth-order valence-electron chi connectivity index (χ4n) is 3.66. The van der Waals surface area contributed by atoms with E-state index in [9.17, 15) is 0 Å². The molecule has 2 aromatic rings. The highest BCUT2D eigenvalue weighted by Gasteiger charge is 2.23. The number of rotatable bonds is 2. The Bertz CT molecular complexity index is 643. The number of anilines is 1. The highest BCUT2D eigenvalue weighted by atomic mass is 32.1. The van der Waals surface area contributed by atoms with Crippen LogP contribution in [0.2, 0.25) is 0 Å². The Balaban J connectivity index is 1.66. The third-order valence-corrected chi connectivity index (χ3v) is 6.06. The summed E-state index contributed by atoms with van der Waals surface area (Å²) in [5, 5.41) is 4.98. The molecule has 2 aliphatic carbocycles. The van der Waals surface area contributed by atoms with Crippen molar-refractivity contribution in [2.24, 2.45) is 5.73 Å². The number of nitrogens with zero attached hydrogens (tertiary/aromatic N) is 2. The van der Waals surface area contributed by atoms with Gasteiger partial charge in [0.25, 0.3) is 0 Å². The SMILES string of the molecule is N[C@H]1CC[C@H](Nc2ncnc3sc4c(c23)CCCC4)CC1. The van der Waals surface area contributed by atoms with Crippen LogP contribution in [0.3, 0.4) is 0 Å². The van der Waals surface area contributed by atoms with Crippen molar-refractivity contribution in [1.29, 1.82) is 0 Å². The van der Waals surface area contributed by atoms with Crippen molar-refractivity contribution < 1.29 is 0 Å². The molecule has 0 radical (unpaired) electrons. The Labute approximate surface area is 129 Å². The van der Waals surface area contributed by atoms with Crippen LogP contribution in [0.4, 0.5) is 5.82 Å². The van der Waals surface area contributed by atoms with Gasteiger partial charge in [-0.05, 0) is 56.9 Å². The fraction of sp³-hybridized carbons (Fsp3) is 0.625. The molecular weight excluding hydrogens is 280 g/mol. The first-order valence-corrected chi connectivity index (χ1v) is 8.90. The van der Waals surface area contributed by atoms with Gasteiger partial charge >= 0.3 is 0 Å². The van der Waals surface area contributed by atoms with E-state index in [1.165, 1.54) is 41.5 Å². The standard InChI is InChI=1S/C16H22N4S/c17-10-5-7-11(8-6-10)20-15-14-12-3-1-2-4-13(12)21-16(14)19-9-18-15/h9-11H,1-8,17H2,(H,18,19,20)/t10-,11-. The zero-order chi connectivity index (χ0) is 14.2. The van der Waals surface area contributed by atoms with Gasteiger partial charge in [0.1, 0.15) is 17.0 Å². The second-order valence-corrected chi connectivity index (χ2v) is 7.45. The Morgan fingerprint density at radius 3 is 2.76 bits per heavy atom. The summed E-state index contributed by atoms with van der Waals surface area (Å²) < 4.78 is 0. The summed E-state index contributed by atoms with van der Waals surface area (Å²) in [6.45, 7) is 0. The molecule has 2 heterocycles. The molecule has 0 bridgehead atoms. The van der Waals surface area contributed by atoms with E-state index < -0.39 is 0 Å². The molecule has 4 rings (SSSR count). The lowest BCUT2D eigenvalue weighted by molar-refractivity contribution is 0.410. The van der Waals surface area contributed by atoms with Crippen LogP contribution >= 0.6 is 11.3 Å². The van der Waals surface area contributed by atoms with E-state index >= 15 is 0 Å². The molecule has 0 atom stereocenters. The molecule has 0 saturated heterocycles. The summed E-state index contributed by atoms with van der Waals surface area (Å²) >= 11 is 1.87. The number of hydrogen-bond acceptors (Lipinski definition) is 5. The summed E-state index contributed by atoms with van der Waals surface area (Å²) in [5.41, 5.74) is 7.51. The lowest BCUT2D eigenvalue weighted by Gasteiger charge is -2.27. The summed E-state index contributed by atoms with van der Waals surface area (Å²) in [6.07, 6.45) is 11.3. The maximum Gasteiger partial charge on any atom is 0.138 e. The maximum atomic E-state index is 6.00. The quantitative estimate of drug-likeness (QED) is 0.894. The average molecular weight is 302 g/mol. The van der Waals surface area contributed by atoms with Crippen LogP contribution in [0.25, 0.3) is 10.2 Å². The largest absolute Gasteiger partial charge is 0.367 e. The van der Waals surface area contributed by atoms with E-state index in [2.05, 4.69) is 15.3 Å². The first-order chi connectivity index (χ1) is 10.3. The number of nitrogens with one attached hydrogen (secondary N) is 1. The summed E-state index contributed by atoms with van der Waals surface area (Å²) in [4.78, 5) is 11.7. The molecule has 0 aliphatic heterocycles. The molecule has 21 heavy (non-hydrogen) atoms. The van der Waals surface area contributed by atoms with Gasteiger partial charge < -0.3 is 11.1 Å². The Morgan fingerprint density at radius 2 is 1.90 bits per heavy atom. The van der Waals surface area contributed by atoms with Crippen LogP contribution in [0.1, 0.15) is 49.0 Å². The molecular formula is C16H22N4S. The third-order valence-electron chi connectivity index (χ3n) is 4.86. The van der Waals surface area contributed by atoms with Crippen LogP contribution in [0, 0.1) is 0 Å². The van der Waals surface area contributed by atoms with Gasteiger partial charge in [-0.1, -0.05) is 0 Å². The fourth-order valence-corrected chi connectivity index (χ4v) is 4.89. The minimum absolute atomic E-state index is 0.391. The molecule has 2 aromatic heterocycles. The molecule has 0 spiro atoms. The molecule has 1 saturated carbocycles. The number of hydrogen-bond donors (Lipinski definition) is 2. The van der Waals surface area contributed by atoms with E-state index in [4.69, 9.17) is 5.73 Å². The van der Waals surface area contributed by atoms with Crippen LogP contribution < -0.4 is 11.1 Å². The highest BCUT2D eigenvalue weighted by Crippen LogP contribution is 2.38. The van der Waals surface area contributed by atoms with Crippen LogP contribution in [0.15, 0.2) is 6.33 Å². The predicted octanol–water partition coefficient (Wildman–Crippen LogP) is 3.25. The van der Waals surface area contributed by atoms with Crippen LogP contribution in [-0.2, 0) is 12.8 Å². The van der Waals surface area contributed by atoms with Gasteiger partial charge in [0.15, 0.2) is 0 Å². The van der Waals surface area contributed by atoms with Gasteiger partial charge in [-0.25, -0.2) is 9.97 Å². The van der Waals surface area contributed by atoms with Gasteiger partial charge in [0.05, 0.1) is 5.39 Å². The first-order valence-electron chi connectivity index (χ1n) is 8.08. The number of thiophene rings is 1. The summed E-state index contributed by atoms with van der Waals surface area (Å²) in [7, 11) is 0. The maximum absolute atomic E-state index is 6.00. The van der Waals surface area contributed by atoms with Crippen molar-refractivity contribution in [2.75, 3.05) is 5.32 Å². The lowest BCUT2D eigenvalue weighted by Crippen LogP contribution is -2.33. The number of fused-ring (bicyclic) bond motifs is 3. The molecule has 5 heteroatoms. The molecule has 0 amide bonds. The highest BCUT2D eigenvalue weighted by molar-refractivity contribution is 7.19. The second-order valence-electron chi connectivity index (χ2n) is 6.37. The van der Waals surface area contributed by atoms with E-state index in [1.807, 2.05) is 11.3 Å². The Hall–Kier alpha value is -1.20. The first kappa shape index (κ1) is 13.5. The zero-order valence-corrected chi connectivity index (χ0v) is 13.1. The normalized spacial score (nSPS) is 25.8. The molecule has 1 fully saturated rings. The molecule has 112 valence electrons. The van der Waals surface area contributed by atoms with Gasteiger partial charge in [-0.2, -0.15) is 0 Å². The smallest absolute Gasteiger partial charge is 0.138 e. The molecule has 2 aliphatic rings. The number of aryl methyl sites for hydroxylation is 2. The molecule has 3 N–H and O–H groups in total. The van der Waals surface area contributed by atoms with Crippen molar-refractivity contribution >= 4 is 27.4 Å². The topological polar surface area (TPSA) is 63.8 Å². The van der Waals surface area contributed by atoms with E-state index in [0.29, 0.717) is 12.1 Å². The van der Waals surface area contributed by atoms with Gasteiger partial charge in [0.2, 0.25) is 0 Å². The minimum atomic E-state index is 0.391. The van der Waals surface area contributed by atoms with E-state index in [1.54, 1.807) is 6.33 Å². The molecule has 0 aromatic carbocycles. The number of aromatic nitrogens is 2. The second kappa shape index (κ2) is 5.54. The van der Waals surface area contributed by atoms with Crippen LogP contribution in [-0.4, -0.2) is 22.1 Å². The van der Waals surface area contributed by atoms with E-state index in [0.717, 1.165) is 36.3 Å². The Kier molecular flexibility index (Phi) is 3.55. The third kappa shape index (κ3) is 2.53. The summed E-state index contributed by atoms with van der Waals surface area (Å²) in [5.74, 6) is 1.06. The minimum Gasteiger partial charge on any atom is -0.367 e. The van der Waals surface area contributed by atoms with Crippen molar-refractivity contribution in [1.82, 2.24) is 9.97 Å².